The zero-order valence-electron chi connectivity index (χ0n) is 23.0. The molecule has 3 rings (SSSR count). The van der Waals surface area contributed by atoms with E-state index in [0.29, 0.717) is 48.8 Å². The lowest BCUT2D eigenvalue weighted by Gasteiger charge is -2.22. The molecule has 0 aliphatic rings. The number of rotatable bonds is 15. The van der Waals surface area contributed by atoms with Crippen molar-refractivity contribution in [3.05, 3.63) is 71.4 Å². The molecule has 0 aliphatic carbocycles. The lowest BCUT2D eigenvalue weighted by Crippen LogP contribution is -2.33. The van der Waals surface area contributed by atoms with Crippen molar-refractivity contribution in [3.8, 4) is 11.5 Å². The summed E-state index contributed by atoms with van der Waals surface area (Å²) in [4.78, 5) is 38.9. The Labute approximate surface area is 225 Å². The second kappa shape index (κ2) is 15.0. The fourth-order valence-electron chi connectivity index (χ4n) is 4.23. The third kappa shape index (κ3) is 8.78. The average Bonchev–Trinajstić information content (AvgIpc) is 3.45. The molecule has 9 heteroatoms. The molecule has 0 saturated heterocycles. The van der Waals surface area contributed by atoms with Crippen LogP contribution in [-0.2, 0) is 13.1 Å². The number of hydrogen-bond acceptors (Lipinski definition) is 7. The molecular formula is C29H40N6O3. The van der Waals surface area contributed by atoms with E-state index in [4.69, 9.17) is 4.42 Å². The predicted octanol–water partition coefficient (Wildman–Crippen LogP) is 3.97. The van der Waals surface area contributed by atoms with Gasteiger partial charge in [-0.2, -0.15) is 0 Å². The van der Waals surface area contributed by atoms with Gasteiger partial charge < -0.3 is 24.9 Å². The van der Waals surface area contributed by atoms with Gasteiger partial charge in [0.1, 0.15) is 6.26 Å². The molecule has 1 aromatic carbocycles. The maximum atomic E-state index is 13.3. The average molecular weight is 521 g/mol. The van der Waals surface area contributed by atoms with Crippen LogP contribution in [0.2, 0.25) is 0 Å². The Bertz CT molecular complexity index is 1160. The summed E-state index contributed by atoms with van der Waals surface area (Å²) in [6.45, 7) is 8.22. The minimum absolute atomic E-state index is 0.0939. The molecule has 0 radical (unpaired) electrons. The van der Waals surface area contributed by atoms with Crippen molar-refractivity contribution in [1.29, 1.82) is 0 Å². The summed E-state index contributed by atoms with van der Waals surface area (Å²) >= 11 is 0. The van der Waals surface area contributed by atoms with Gasteiger partial charge in [0.2, 0.25) is 5.89 Å². The summed E-state index contributed by atoms with van der Waals surface area (Å²) in [6.07, 6.45) is 7.35. The van der Waals surface area contributed by atoms with Crippen molar-refractivity contribution in [1.82, 2.24) is 30.4 Å². The first kappa shape index (κ1) is 29.0. The summed E-state index contributed by atoms with van der Waals surface area (Å²) in [6, 6.07) is 9.26. The van der Waals surface area contributed by atoms with Gasteiger partial charge >= 0.3 is 0 Å². The normalized spacial score (nSPS) is 11.1. The number of aromatic nitrogens is 2. The fraction of sp³-hybridized carbons (Fsp3) is 0.448. The van der Waals surface area contributed by atoms with Crippen LogP contribution >= 0.6 is 0 Å². The van der Waals surface area contributed by atoms with Crippen LogP contribution in [0.25, 0.3) is 11.5 Å². The van der Waals surface area contributed by atoms with E-state index in [1.54, 1.807) is 24.4 Å². The minimum atomic E-state index is -0.233. The van der Waals surface area contributed by atoms with Crippen LogP contribution in [-0.4, -0.2) is 71.9 Å². The van der Waals surface area contributed by atoms with Gasteiger partial charge in [-0.1, -0.05) is 13.8 Å². The van der Waals surface area contributed by atoms with Crippen LogP contribution < -0.4 is 10.6 Å². The molecule has 0 saturated carbocycles. The molecule has 204 valence electrons. The Hall–Kier alpha value is -3.56. The van der Waals surface area contributed by atoms with E-state index >= 15 is 0 Å². The largest absolute Gasteiger partial charge is 0.445 e. The molecule has 2 heterocycles. The molecule has 0 unspecified atom stereocenters. The molecular weight excluding hydrogens is 480 g/mol. The van der Waals surface area contributed by atoms with Gasteiger partial charge in [-0.15, -0.1) is 0 Å². The summed E-state index contributed by atoms with van der Waals surface area (Å²) in [5, 5.41) is 6.36. The standard InChI is InChI=1S/C29H40N6O3/c1-5-13-35(14-6-2)29(37)25-18-23(17-24(19-25)28-33-12-15-38-28)27(36)32-10-7-9-30-20-26-16-22(8-11-31-26)21-34(3)4/h8,11-12,15-19,30H,5-7,9-10,13-14,20-21H2,1-4H3,(H,32,36). The van der Waals surface area contributed by atoms with Crippen molar-refractivity contribution >= 4 is 11.8 Å². The first-order valence-electron chi connectivity index (χ1n) is 13.3. The second-order valence-electron chi connectivity index (χ2n) is 9.61. The van der Waals surface area contributed by atoms with Crippen LogP contribution in [0.4, 0.5) is 0 Å². The highest BCUT2D eigenvalue weighted by Crippen LogP contribution is 2.22. The molecule has 0 bridgehead atoms. The lowest BCUT2D eigenvalue weighted by molar-refractivity contribution is 0.0755. The quantitative estimate of drug-likeness (QED) is 0.292. The Morgan fingerprint density at radius 3 is 2.39 bits per heavy atom. The van der Waals surface area contributed by atoms with Crippen molar-refractivity contribution in [2.75, 3.05) is 40.3 Å². The molecule has 0 aliphatic heterocycles. The van der Waals surface area contributed by atoms with Gasteiger partial charge in [0.25, 0.3) is 11.8 Å². The van der Waals surface area contributed by atoms with E-state index in [-0.39, 0.29) is 11.8 Å². The van der Waals surface area contributed by atoms with Crippen LogP contribution in [0.5, 0.6) is 0 Å². The second-order valence-corrected chi connectivity index (χ2v) is 9.61. The van der Waals surface area contributed by atoms with Gasteiger partial charge in [-0.25, -0.2) is 4.98 Å². The minimum Gasteiger partial charge on any atom is -0.445 e. The molecule has 3 aromatic rings. The molecule has 0 fully saturated rings. The maximum Gasteiger partial charge on any atom is 0.253 e. The predicted molar refractivity (Wildman–Crippen MR) is 149 cm³/mol. The zero-order chi connectivity index (χ0) is 27.3. The third-order valence-electron chi connectivity index (χ3n) is 5.90. The SMILES string of the molecule is CCCN(CCC)C(=O)c1cc(C(=O)NCCCNCc2cc(CN(C)C)ccn2)cc(-c2ncco2)c1. The Balaban J connectivity index is 1.58. The number of amides is 2. The highest BCUT2D eigenvalue weighted by Gasteiger charge is 2.19. The lowest BCUT2D eigenvalue weighted by atomic mass is 10.0. The van der Waals surface area contributed by atoms with Gasteiger partial charge in [-0.3, -0.25) is 14.6 Å². The Morgan fingerprint density at radius 2 is 1.71 bits per heavy atom. The van der Waals surface area contributed by atoms with E-state index in [2.05, 4.69) is 31.6 Å². The Kier molecular flexibility index (Phi) is 11.4. The first-order valence-corrected chi connectivity index (χ1v) is 13.3. The number of oxazole rings is 1. The number of carbonyl (C=O) groups is 2. The van der Waals surface area contributed by atoms with Crippen LogP contribution in [0, 0.1) is 0 Å². The van der Waals surface area contributed by atoms with Crippen LogP contribution in [0.15, 0.2) is 53.4 Å². The van der Waals surface area contributed by atoms with Gasteiger partial charge in [-0.05, 0) is 75.8 Å². The van der Waals surface area contributed by atoms with E-state index in [9.17, 15) is 9.59 Å². The zero-order valence-corrected chi connectivity index (χ0v) is 23.0. The number of nitrogens with one attached hydrogen (secondary N) is 2. The monoisotopic (exact) mass is 520 g/mol. The van der Waals surface area contributed by atoms with Crippen molar-refractivity contribution in [2.45, 2.75) is 46.2 Å². The maximum absolute atomic E-state index is 13.3. The molecule has 0 spiro atoms. The molecule has 38 heavy (non-hydrogen) atoms. The van der Waals surface area contributed by atoms with E-state index in [1.807, 2.05) is 45.1 Å². The van der Waals surface area contributed by atoms with Gasteiger partial charge in [0.05, 0.1) is 11.9 Å². The Morgan fingerprint density at radius 1 is 0.947 bits per heavy atom. The van der Waals surface area contributed by atoms with Gasteiger partial charge in [0, 0.05) is 55.6 Å². The molecule has 0 atom stereocenters. The smallest absolute Gasteiger partial charge is 0.253 e. The molecule has 9 nitrogen and oxygen atoms in total. The number of hydrogen-bond donors (Lipinski definition) is 2. The number of benzene rings is 1. The van der Waals surface area contributed by atoms with Gasteiger partial charge in [0.15, 0.2) is 0 Å². The van der Waals surface area contributed by atoms with E-state index < -0.39 is 0 Å². The van der Waals surface area contributed by atoms with Crippen molar-refractivity contribution in [2.24, 2.45) is 0 Å². The summed E-state index contributed by atoms with van der Waals surface area (Å²) in [7, 11) is 4.09. The van der Waals surface area contributed by atoms with E-state index in [0.717, 1.165) is 38.0 Å². The molecule has 2 amide bonds. The van der Waals surface area contributed by atoms with E-state index in [1.165, 1.54) is 11.8 Å². The van der Waals surface area contributed by atoms with Crippen LogP contribution in [0.1, 0.15) is 65.1 Å². The highest BCUT2D eigenvalue weighted by molar-refractivity contribution is 6.01. The number of carbonyl (C=O) groups excluding carboxylic acids is 2. The van der Waals surface area contributed by atoms with Crippen molar-refractivity contribution < 1.29 is 14.0 Å². The molecule has 2 aromatic heterocycles. The molecule has 2 N–H and O–H groups in total. The number of pyridine rings is 1. The summed E-state index contributed by atoms with van der Waals surface area (Å²) in [5.41, 5.74) is 3.69. The summed E-state index contributed by atoms with van der Waals surface area (Å²) in [5.74, 6) is 0.0466. The fourth-order valence-corrected chi connectivity index (χ4v) is 4.23. The third-order valence-corrected chi connectivity index (χ3v) is 5.90. The topological polar surface area (TPSA) is 104 Å². The first-order chi connectivity index (χ1) is 18.4. The van der Waals surface area contributed by atoms with Crippen LogP contribution in [0.3, 0.4) is 0 Å². The van der Waals surface area contributed by atoms with Crippen molar-refractivity contribution in [3.63, 3.8) is 0 Å². The highest BCUT2D eigenvalue weighted by atomic mass is 16.3. The number of nitrogens with zero attached hydrogens (tertiary/aromatic N) is 4. The summed E-state index contributed by atoms with van der Waals surface area (Å²) < 4.78 is 5.45.